The Balaban J connectivity index is 2.27. The quantitative estimate of drug-likeness (QED) is 0.300. The second-order valence-corrected chi connectivity index (χ2v) is 9.82. The molecule has 2 aromatic carbocycles. The highest BCUT2D eigenvalue weighted by Gasteiger charge is 2.31. The third-order valence-corrected chi connectivity index (χ3v) is 7.68. The van der Waals surface area contributed by atoms with Crippen LogP contribution in [-0.2, 0) is 5.41 Å². The number of aliphatic hydroxyl groups is 1. The Kier molecular flexibility index (Phi) is 10.2. The molecule has 0 amide bonds. The summed E-state index contributed by atoms with van der Waals surface area (Å²) in [7, 11) is 0. The maximum absolute atomic E-state index is 11.1. The molecule has 1 unspecified atom stereocenters. The summed E-state index contributed by atoms with van der Waals surface area (Å²) in [5, 5.41) is 21.1. The zero-order chi connectivity index (χ0) is 24.5. The van der Waals surface area contributed by atoms with Crippen LogP contribution in [-0.4, -0.2) is 15.8 Å². The van der Waals surface area contributed by atoms with Gasteiger partial charge in [0.2, 0.25) is 0 Å². The minimum Gasteiger partial charge on any atom is -0.508 e. The summed E-state index contributed by atoms with van der Waals surface area (Å²) in [6, 6.07) is 12.8. The van der Waals surface area contributed by atoms with E-state index in [1.54, 1.807) is 0 Å². The molecule has 0 aliphatic carbocycles. The lowest BCUT2D eigenvalue weighted by Gasteiger charge is -2.34. The molecule has 33 heavy (non-hydrogen) atoms. The fraction of sp³-hybridized carbons (Fsp3) is 0.548. The van der Waals surface area contributed by atoms with Gasteiger partial charge in [-0.25, -0.2) is 0 Å². The molecule has 0 radical (unpaired) electrons. The van der Waals surface area contributed by atoms with E-state index in [0.717, 1.165) is 37.7 Å². The summed E-state index contributed by atoms with van der Waals surface area (Å²) in [5.41, 5.74) is 5.09. The molecule has 0 heterocycles. The van der Waals surface area contributed by atoms with Crippen LogP contribution >= 0.6 is 0 Å². The largest absolute Gasteiger partial charge is 0.508 e. The van der Waals surface area contributed by atoms with E-state index in [2.05, 4.69) is 71.0 Å². The van der Waals surface area contributed by atoms with Crippen LogP contribution in [0.2, 0.25) is 0 Å². The molecule has 2 N–H and O–H groups in total. The summed E-state index contributed by atoms with van der Waals surface area (Å²) < 4.78 is 0. The topological polar surface area (TPSA) is 40.5 Å². The van der Waals surface area contributed by atoms with Crippen LogP contribution in [0.1, 0.15) is 113 Å². The number of phenols is 1. The van der Waals surface area contributed by atoms with Gasteiger partial charge in [0.1, 0.15) is 5.75 Å². The predicted molar refractivity (Wildman–Crippen MR) is 143 cm³/mol. The van der Waals surface area contributed by atoms with E-state index in [1.165, 1.54) is 47.9 Å². The number of unbranched alkanes of at least 4 members (excludes halogenated alkanes) is 4. The Hall–Kier alpha value is -2.06. The van der Waals surface area contributed by atoms with Gasteiger partial charge >= 0.3 is 0 Å². The Labute approximate surface area is 202 Å². The number of hydrogen-bond donors (Lipinski definition) is 2. The van der Waals surface area contributed by atoms with Crippen molar-refractivity contribution in [3.63, 3.8) is 0 Å². The molecule has 2 heteroatoms. The Morgan fingerprint density at radius 2 is 1.36 bits per heavy atom. The van der Waals surface area contributed by atoms with Gasteiger partial charge < -0.3 is 10.2 Å². The third-order valence-electron chi connectivity index (χ3n) is 7.68. The highest BCUT2D eigenvalue weighted by Crippen LogP contribution is 2.41. The molecule has 2 rings (SSSR count). The SMILES string of the molecule is CCCCCCCC(O)(/C=C/c1ccc(C(CC)(CC)c2ccc(O)c(C)c2)cc1C)CC. The maximum Gasteiger partial charge on any atom is 0.118 e. The Morgan fingerprint density at radius 3 is 1.91 bits per heavy atom. The maximum atomic E-state index is 11.1. The molecule has 0 saturated carbocycles. The summed E-state index contributed by atoms with van der Waals surface area (Å²) in [4.78, 5) is 0. The van der Waals surface area contributed by atoms with E-state index < -0.39 is 5.60 Å². The monoisotopic (exact) mass is 450 g/mol. The van der Waals surface area contributed by atoms with E-state index in [9.17, 15) is 10.2 Å². The van der Waals surface area contributed by atoms with Crippen molar-refractivity contribution >= 4 is 6.08 Å². The summed E-state index contributed by atoms with van der Waals surface area (Å²) >= 11 is 0. The highest BCUT2D eigenvalue weighted by atomic mass is 16.3. The number of hydrogen-bond acceptors (Lipinski definition) is 2. The van der Waals surface area contributed by atoms with Crippen molar-refractivity contribution in [1.82, 2.24) is 0 Å². The van der Waals surface area contributed by atoms with Crippen LogP contribution in [0.25, 0.3) is 6.08 Å². The normalized spacial score (nSPS) is 14.0. The zero-order valence-corrected chi connectivity index (χ0v) is 21.9. The molecule has 0 bridgehead atoms. The Morgan fingerprint density at radius 1 is 0.758 bits per heavy atom. The lowest BCUT2D eigenvalue weighted by molar-refractivity contribution is 0.0752. The summed E-state index contributed by atoms with van der Waals surface area (Å²) in [5.74, 6) is 0.352. The lowest BCUT2D eigenvalue weighted by atomic mass is 9.70. The van der Waals surface area contributed by atoms with E-state index in [0.29, 0.717) is 5.75 Å². The van der Waals surface area contributed by atoms with E-state index in [4.69, 9.17) is 0 Å². The van der Waals surface area contributed by atoms with Gasteiger partial charge in [-0.3, -0.25) is 0 Å². The third kappa shape index (κ3) is 6.73. The van der Waals surface area contributed by atoms with Gasteiger partial charge in [-0.2, -0.15) is 0 Å². The number of rotatable bonds is 13. The van der Waals surface area contributed by atoms with Crippen LogP contribution in [0.4, 0.5) is 0 Å². The molecule has 0 spiro atoms. The first-order chi connectivity index (χ1) is 15.7. The standard InChI is InChI=1S/C31H46O2/c1-7-11-12-13-14-20-30(33,8-2)21-19-26-15-16-27(22-24(26)5)31(9-3,10-4)28-17-18-29(32)25(6)23-28/h15-19,21-23,32-33H,7-14,20H2,1-6H3/b21-19+. The zero-order valence-electron chi connectivity index (χ0n) is 21.9. The molecule has 0 aliphatic rings. The van der Waals surface area contributed by atoms with Crippen molar-refractivity contribution < 1.29 is 10.2 Å². The summed E-state index contributed by atoms with van der Waals surface area (Å²) in [6.07, 6.45) is 13.8. The average molecular weight is 451 g/mol. The molecule has 2 aromatic rings. The fourth-order valence-corrected chi connectivity index (χ4v) is 5.00. The lowest BCUT2D eigenvalue weighted by Crippen LogP contribution is -2.26. The van der Waals surface area contributed by atoms with Crippen LogP contribution in [0, 0.1) is 13.8 Å². The first-order valence-corrected chi connectivity index (χ1v) is 13.1. The minimum absolute atomic E-state index is 0.0753. The van der Waals surface area contributed by atoms with Crippen molar-refractivity contribution in [3.05, 3.63) is 70.3 Å². The molecular weight excluding hydrogens is 404 g/mol. The smallest absolute Gasteiger partial charge is 0.118 e. The second kappa shape index (κ2) is 12.4. The van der Waals surface area contributed by atoms with E-state index in [-0.39, 0.29) is 5.41 Å². The van der Waals surface area contributed by atoms with E-state index >= 15 is 0 Å². The molecule has 0 aliphatic heterocycles. The minimum atomic E-state index is -0.725. The first-order valence-electron chi connectivity index (χ1n) is 13.1. The second-order valence-electron chi connectivity index (χ2n) is 9.82. The molecule has 1 atom stereocenters. The molecule has 2 nitrogen and oxygen atoms in total. The van der Waals surface area contributed by atoms with Crippen molar-refractivity contribution in [2.75, 3.05) is 0 Å². The van der Waals surface area contributed by atoms with Gasteiger partial charge in [-0.1, -0.05) is 102 Å². The first kappa shape index (κ1) is 27.2. The summed E-state index contributed by atoms with van der Waals surface area (Å²) in [6.45, 7) is 12.9. The molecule has 182 valence electrons. The molecular formula is C31H46O2. The molecule has 0 saturated heterocycles. The number of phenolic OH excluding ortho intramolecular Hbond substituents is 1. The molecule has 0 fully saturated rings. The van der Waals surface area contributed by atoms with Crippen LogP contribution < -0.4 is 0 Å². The van der Waals surface area contributed by atoms with Gasteiger partial charge in [0.25, 0.3) is 0 Å². The predicted octanol–water partition coefficient (Wildman–Crippen LogP) is 8.63. The van der Waals surface area contributed by atoms with Gasteiger partial charge in [0, 0.05) is 5.41 Å². The highest BCUT2D eigenvalue weighted by molar-refractivity contribution is 5.57. The van der Waals surface area contributed by atoms with Gasteiger partial charge in [0.05, 0.1) is 5.60 Å². The van der Waals surface area contributed by atoms with Crippen molar-refractivity contribution in [1.29, 1.82) is 0 Å². The van der Waals surface area contributed by atoms with E-state index in [1.807, 2.05) is 19.1 Å². The van der Waals surface area contributed by atoms with Crippen molar-refractivity contribution in [2.45, 2.75) is 110 Å². The van der Waals surface area contributed by atoms with Gasteiger partial charge in [0.15, 0.2) is 0 Å². The van der Waals surface area contributed by atoms with Gasteiger partial charge in [-0.15, -0.1) is 0 Å². The average Bonchev–Trinajstić information content (AvgIpc) is 2.81. The number of aromatic hydroxyl groups is 1. The van der Waals surface area contributed by atoms with Gasteiger partial charge in [-0.05, 0) is 73.4 Å². The van der Waals surface area contributed by atoms with Crippen molar-refractivity contribution in [2.24, 2.45) is 0 Å². The fourth-order valence-electron chi connectivity index (χ4n) is 5.00. The number of benzene rings is 2. The van der Waals surface area contributed by atoms with Crippen LogP contribution in [0.15, 0.2) is 42.5 Å². The molecule has 0 aromatic heterocycles. The van der Waals surface area contributed by atoms with Crippen LogP contribution in [0.3, 0.4) is 0 Å². The van der Waals surface area contributed by atoms with Crippen LogP contribution in [0.5, 0.6) is 5.75 Å². The Bertz CT molecular complexity index is 907. The van der Waals surface area contributed by atoms with Crippen molar-refractivity contribution in [3.8, 4) is 5.75 Å². The number of aryl methyl sites for hydroxylation is 2.